The van der Waals surface area contributed by atoms with Crippen molar-refractivity contribution in [2.24, 2.45) is 17.8 Å². The van der Waals surface area contributed by atoms with Crippen LogP contribution in [0.15, 0.2) is 0 Å². The van der Waals surface area contributed by atoms with Crippen molar-refractivity contribution in [3.8, 4) is 0 Å². The van der Waals surface area contributed by atoms with Gasteiger partial charge in [0.15, 0.2) is 0 Å². The Hall–Kier alpha value is -0.570. The van der Waals surface area contributed by atoms with Gasteiger partial charge in [0.1, 0.15) is 0 Å². The maximum absolute atomic E-state index is 11.6. The fraction of sp³-hybridized carbons (Fsp3) is 0.929. The Morgan fingerprint density at radius 2 is 1.59 bits per heavy atom. The third kappa shape index (κ3) is 7.37. The van der Waals surface area contributed by atoms with Crippen molar-refractivity contribution in [2.75, 3.05) is 13.1 Å². The predicted octanol–water partition coefficient (Wildman–Crippen LogP) is 2.42. The third-order valence-electron chi connectivity index (χ3n) is 3.47. The Bertz CT molecular complexity index is 206. The molecule has 3 nitrogen and oxygen atoms in total. The fourth-order valence-electron chi connectivity index (χ4n) is 1.95. The predicted molar refractivity (Wildman–Crippen MR) is 73.9 cm³/mol. The smallest absolute Gasteiger partial charge is 0.233 e. The molecule has 0 bridgehead atoms. The van der Waals surface area contributed by atoms with Crippen molar-refractivity contribution in [1.29, 1.82) is 0 Å². The summed E-state index contributed by atoms with van der Waals surface area (Å²) in [4.78, 5) is 11.6. The number of amides is 1. The number of carbonyl (C=O) groups is 1. The molecule has 0 aromatic rings. The van der Waals surface area contributed by atoms with Crippen LogP contribution < -0.4 is 10.6 Å². The molecule has 0 saturated heterocycles. The Balaban J connectivity index is 3.89. The lowest BCUT2D eigenvalue weighted by Gasteiger charge is -2.25. The number of hydrogen-bond donors (Lipinski definition) is 2. The lowest BCUT2D eigenvalue weighted by molar-refractivity contribution is -0.120. The molecule has 0 aromatic heterocycles. The summed E-state index contributed by atoms with van der Waals surface area (Å²) >= 11 is 0. The summed E-state index contributed by atoms with van der Waals surface area (Å²) in [5.74, 6) is 1.88. The zero-order valence-electron chi connectivity index (χ0n) is 12.3. The summed E-state index contributed by atoms with van der Waals surface area (Å²) < 4.78 is 0. The van der Waals surface area contributed by atoms with Crippen LogP contribution in [0.1, 0.15) is 48.0 Å². The molecule has 1 amide bonds. The Labute approximate surface area is 107 Å². The van der Waals surface area contributed by atoms with Crippen molar-refractivity contribution in [1.82, 2.24) is 10.6 Å². The van der Waals surface area contributed by atoms with E-state index in [0.717, 1.165) is 13.0 Å². The highest BCUT2D eigenvalue weighted by Gasteiger charge is 2.18. The molecule has 0 aromatic carbocycles. The SMILES string of the molecule is CCC(C)NCC(=O)NCC(C(C)C)C(C)C. The molecule has 0 spiro atoms. The van der Waals surface area contributed by atoms with E-state index in [1.807, 2.05) is 0 Å². The maximum Gasteiger partial charge on any atom is 0.233 e. The van der Waals surface area contributed by atoms with E-state index in [-0.39, 0.29) is 5.91 Å². The summed E-state index contributed by atoms with van der Waals surface area (Å²) in [5, 5.41) is 6.23. The van der Waals surface area contributed by atoms with Crippen LogP contribution in [0.4, 0.5) is 0 Å². The molecule has 0 fully saturated rings. The largest absolute Gasteiger partial charge is 0.355 e. The molecular formula is C14H30N2O. The van der Waals surface area contributed by atoms with Gasteiger partial charge in [0, 0.05) is 12.6 Å². The van der Waals surface area contributed by atoms with Crippen LogP contribution in [0.25, 0.3) is 0 Å². The zero-order valence-corrected chi connectivity index (χ0v) is 12.3. The first-order valence-electron chi connectivity index (χ1n) is 6.88. The summed E-state index contributed by atoms with van der Waals surface area (Å²) in [6, 6.07) is 0.409. The molecule has 17 heavy (non-hydrogen) atoms. The average Bonchev–Trinajstić information content (AvgIpc) is 2.25. The van der Waals surface area contributed by atoms with Gasteiger partial charge in [-0.25, -0.2) is 0 Å². The Kier molecular flexibility index (Phi) is 8.23. The number of nitrogens with one attached hydrogen (secondary N) is 2. The van der Waals surface area contributed by atoms with Gasteiger partial charge in [-0.1, -0.05) is 34.6 Å². The molecular weight excluding hydrogens is 212 g/mol. The highest BCUT2D eigenvalue weighted by molar-refractivity contribution is 5.78. The van der Waals surface area contributed by atoms with Gasteiger partial charge in [0.2, 0.25) is 5.91 Å². The maximum atomic E-state index is 11.6. The minimum atomic E-state index is 0.108. The second-order valence-electron chi connectivity index (χ2n) is 5.65. The minimum absolute atomic E-state index is 0.108. The lowest BCUT2D eigenvalue weighted by atomic mass is 9.85. The van der Waals surface area contributed by atoms with Gasteiger partial charge in [-0.05, 0) is 31.1 Å². The molecule has 0 aliphatic carbocycles. The van der Waals surface area contributed by atoms with Crippen molar-refractivity contribution in [3.05, 3.63) is 0 Å². The van der Waals surface area contributed by atoms with E-state index in [1.165, 1.54) is 0 Å². The van der Waals surface area contributed by atoms with E-state index < -0.39 is 0 Å². The zero-order chi connectivity index (χ0) is 13.4. The Morgan fingerprint density at radius 1 is 1.06 bits per heavy atom. The van der Waals surface area contributed by atoms with Crippen molar-refractivity contribution >= 4 is 5.91 Å². The molecule has 0 aliphatic heterocycles. The number of carbonyl (C=O) groups excluding carboxylic acids is 1. The molecule has 0 saturated carbocycles. The quantitative estimate of drug-likeness (QED) is 0.686. The van der Waals surface area contributed by atoms with E-state index in [4.69, 9.17) is 0 Å². The van der Waals surface area contributed by atoms with Crippen molar-refractivity contribution < 1.29 is 4.79 Å². The van der Waals surface area contributed by atoms with Crippen LogP contribution in [0.2, 0.25) is 0 Å². The van der Waals surface area contributed by atoms with Crippen LogP contribution in [0.3, 0.4) is 0 Å². The highest BCUT2D eigenvalue weighted by atomic mass is 16.1. The molecule has 1 unspecified atom stereocenters. The Morgan fingerprint density at radius 3 is 2.00 bits per heavy atom. The van der Waals surface area contributed by atoms with Gasteiger partial charge in [-0.3, -0.25) is 4.79 Å². The van der Waals surface area contributed by atoms with E-state index in [0.29, 0.717) is 30.3 Å². The standard InChI is InChI=1S/C14H30N2O/c1-7-12(6)15-9-14(17)16-8-13(10(2)3)11(4)5/h10-13,15H,7-9H2,1-6H3,(H,16,17). The summed E-state index contributed by atoms with van der Waals surface area (Å²) in [6.07, 6.45) is 1.05. The summed E-state index contributed by atoms with van der Waals surface area (Å²) in [5.41, 5.74) is 0. The van der Waals surface area contributed by atoms with Crippen LogP contribution in [-0.2, 0) is 4.79 Å². The van der Waals surface area contributed by atoms with E-state index >= 15 is 0 Å². The van der Waals surface area contributed by atoms with Crippen LogP contribution in [0.5, 0.6) is 0 Å². The fourth-order valence-corrected chi connectivity index (χ4v) is 1.95. The van der Waals surface area contributed by atoms with E-state index in [9.17, 15) is 4.79 Å². The normalized spacial score (nSPS) is 13.5. The van der Waals surface area contributed by atoms with Gasteiger partial charge < -0.3 is 10.6 Å². The molecule has 0 radical (unpaired) electrons. The number of rotatable bonds is 8. The first-order valence-corrected chi connectivity index (χ1v) is 6.88. The first kappa shape index (κ1) is 16.4. The van der Waals surface area contributed by atoms with Gasteiger partial charge in [0.05, 0.1) is 6.54 Å². The van der Waals surface area contributed by atoms with Crippen molar-refractivity contribution in [3.63, 3.8) is 0 Å². The molecule has 2 N–H and O–H groups in total. The minimum Gasteiger partial charge on any atom is -0.355 e. The second kappa shape index (κ2) is 8.51. The third-order valence-corrected chi connectivity index (χ3v) is 3.47. The van der Waals surface area contributed by atoms with Gasteiger partial charge in [-0.15, -0.1) is 0 Å². The van der Waals surface area contributed by atoms with Crippen molar-refractivity contribution in [2.45, 2.75) is 54.0 Å². The highest BCUT2D eigenvalue weighted by Crippen LogP contribution is 2.19. The van der Waals surface area contributed by atoms with Gasteiger partial charge in [-0.2, -0.15) is 0 Å². The summed E-state index contributed by atoms with van der Waals surface area (Å²) in [7, 11) is 0. The lowest BCUT2D eigenvalue weighted by Crippen LogP contribution is -2.41. The average molecular weight is 242 g/mol. The van der Waals surface area contributed by atoms with Gasteiger partial charge in [0.25, 0.3) is 0 Å². The molecule has 0 heterocycles. The number of hydrogen-bond acceptors (Lipinski definition) is 2. The van der Waals surface area contributed by atoms with Gasteiger partial charge >= 0.3 is 0 Å². The monoisotopic (exact) mass is 242 g/mol. The van der Waals surface area contributed by atoms with E-state index in [1.54, 1.807) is 0 Å². The first-order chi connectivity index (χ1) is 7.88. The molecule has 3 heteroatoms. The summed E-state index contributed by atoms with van der Waals surface area (Å²) in [6.45, 7) is 14.3. The van der Waals surface area contributed by atoms with Crippen LogP contribution in [-0.4, -0.2) is 25.0 Å². The molecule has 0 rings (SSSR count). The second-order valence-corrected chi connectivity index (χ2v) is 5.65. The molecule has 1 atom stereocenters. The van der Waals surface area contributed by atoms with E-state index in [2.05, 4.69) is 52.2 Å². The topological polar surface area (TPSA) is 41.1 Å². The van der Waals surface area contributed by atoms with Crippen LogP contribution >= 0.6 is 0 Å². The van der Waals surface area contributed by atoms with Crippen LogP contribution in [0, 0.1) is 17.8 Å². The molecule has 102 valence electrons. The molecule has 0 aliphatic rings.